The molecule has 0 atom stereocenters. The molecule has 0 aliphatic carbocycles. The van der Waals surface area contributed by atoms with Gasteiger partial charge in [-0.05, 0) is 60.7 Å². The second kappa shape index (κ2) is 10.3. The lowest BCUT2D eigenvalue weighted by atomic mass is 10.2. The van der Waals surface area contributed by atoms with E-state index in [1.807, 2.05) is 109 Å². The highest BCUT2D eigenvalue weighted by Crippen LogP contribution is 2.43. The van der Waals surface area contributed by atoms with Crippen LogP contribution in [0.5, 0.6) is 23.0 Å². The summed E-state index contributed by atoms with van der Waals surface area (Å²) in [6, 6.07) is 35.7. The molecule has 2 aromatic heterocycles. The van der Waals surface area contributed by atoms with E-state index in [9.17, 15) is 0 Å². The van der Waals surface area contributed by atoms with Crippen LogP contribution in [0.3, 0.4) is 0 Å². The van der Waals surface area contributed by atoms with E-state index in [1.165, 1.54) is 0 Å². The van der Waals surface area contributed by atoms with E-state index in [0.717, 1.165) is 54.6 Å². The molecule has 0 aliphatic rings. The third kappa shape index (κ3) is 5.00. The van der Waals surface area contributed by atoms with Crippen LogP contribution in [0, 0.1) is 0 Å². The summed E-state index contributed by atoms with van der Waals surface area (Å²) in [7, 11) is 3.42. The van der Waals surface area contributed by atoms with Gasteiger partial charge >= 0.3 is 0 Å². The Morgan fingerprint density at radius 1 is 0.444 bits per heavy atom. The Labute approximate surface area is 216 Å². The molecule has 36 heavy (non-hydrogen) atoms. The van der Waals surface area contributed by atoms with Crippen molar-refractivity contribution >= 4 is 43.4 Å². The van der Waals surface area contributed by atoms with Crippen molar-refractivity contribution < 1.29 is 9.47 Å². The minimum atomic E-state index is 0.768. The number of pyridine rings is 2. The second-order valence-corrected chi connectivity index (χ2v) is 10.2. The van der Waals surface area contributed by atoms with Gasteiger partial charge in [-0.25, -0.2) is 0 Å². The van der Waals surface area contributed by atoms with E-state index < -0.39 is 0 Å². The third-order valence-electron chi connectivity index (χ3n) is 5.53. The maximum Gasteiger partial charge on any atom is 0.129 e. The zero-order valence-electron chi connectivity index (χ0n) is 19.1. The summed E-state index contributed by atoms with van der Waals surface area (Å²) in [5.41, 5.74) is 1.80. The molecule has 0 N–H and O–H groups in total. The number of para-hydroxylation sites is 2. The number of fused-ring (bicyclic) bond motifs is 2. The van der Waals surface area contributed by atoms with Gasteiger partial charge in [0.2, 0.25) is 0 Å². The zero-order chi connectivity index (χ0) is 24.2. The van der Waals surface area contributed by atoms with Crippen LogP contribution in [-0.4, -0.2) is 9.97 Å². The van der Waals surface area contributed by atoms with Crippen LogP contribution in [0.1, 0.15) is 0 Å². The Bertz CT molecular complexity index is 1520. The van der Waals surface area contributed by atoms with Crippen molar-refractivity contribution in [2.75, 3.05) is 0 Å². The summed E-state index contributed by atoms with van der Waals surface area (Å²) < 4.78 is 12.0. The average Bonchev–Trinajstić information content (AvgIpc) is 2.93. The third-order valence-corrected chi connectivity index (χ3v) is 8.01. The minimum Gasteiger partial charge on any atom is -0.457 e. The Hall–Kier alpha value is -4.00. The summed E-state index contributed by atoms with van der Waals surface area (Å²) in [4.78, 5) is 11.4. The molecule has 4 nitrogen and oxygen atoms in total. The van der Waals surface area contributed by atoms with Crippen molar-refractivity contribution in [1.29, 1.82) is 0 Å². The molecule has 0 saturated heterocycles. The second-order valence-electron chi connectivity index (χ2n) is 7.97. The normalized spacial score (nSPS) is 11.0. The number of hydrogen-bond donors (Lipinski definition) is 0. The van der Waals surface area contributed by atoms with E-state index in [-0.39, 0.29) is 0 Å². The van der Waals surface area contributed by atoms with E-state index in [2.05, 4.69) is 22.1 Å². The molecule has 4 aromatic carbocycles. The van der Waals surface area contributed by atoms with Gasteiger partial charge in [0.1, 0.15) is 23.0 Å². The van der Waals surface area contributed by atoms with Crippen molar-refractivity contribution in [1.82, 2.24) is 9.97 Å². The van der Waals surface area contributed by atoms with Gasteiger partial charge in [0.15, 0.2) is 0 Å². The highest BCUT2D eigenvalue weighted by atomic mass is 33.1. The SMILES string of the molecule is c1ccc(Oc2ccc3c(SSc4ccnc5cc(Oc6ccccc6)ccc45)ccnc3c2)cc1. The molecule has 0 saturated carbocycles. The summed E-state index contributed by atoms with van der Waals surface area (Å²) in [5, 5.41) is 2.18. The first-order valence-electron chi connectivity index (χ1n) is 11.4. The molecule has 0 amide bonds. The predicted molar refractivity (Wildman–Crippen MR) is 148 cm³/mol. The number of aromatic nitrogens is 2. The molecule has 0 bridgehead atoms. The van der Waals surface area contributed by atoms with Crippen molar-refractivity contribution in [3.63, 3.8) is 0 Å². The molecule has 0 radical (unpaired) electrons. The topological polar surface area (TPSA) is 44.2 Å². The van der Waals surface area contributed by atoms with E-state index in [1.54, 1.807) is 21.6 Å². The molecule has 6 rings (SSSR count). The standard InChI is InChI=1S/C30H20N2O2S2/c1-3-7-21(8-4-1)33-23-11-13-25-27(19-23)31-17-15-29(25)35-36-30-16-18-32-28-20-24(12-14-26(28)30)34-22-9-5-2-6-10-22/h1-20H. The quantitative estimate of drug-likeness (QED) is 0.202. The van der Waals surface area contributed by atoms with Crippen LogP contribution < -0.4 is 9.47 Å². The largest absolute Gasteiger partial charge is 0.457 e. The number of benzene rings is 4. The fourth-order valence-corrected chi connectivity index (χ4v) is 6.16. The smallest absolute Gasteiger partial charge is 0.129 e. The van der Waals surface area contributed by atoms with Crippen LogP contribution in [-0.2, 0) is 0 Å². The summed E-state index contributed by atoms with van der Waals surface area (Å²) in [5.74, 6) is 3.15. The van der Waals surface area contributed by atoms with Gasteiger partial charge in [-0.2, -0.15) is 0 Å². The first-order chi connectivity index (χ1) is 17.8. The van der Waals surface area contributed by atoms with Gasteiger partial charge in [0.05, 0.1) is 11.0 Å². The van der Waals surface area contributed by atoms with Crippen LogP contribution in [0.2, 0.25) is 0 Å². The molecule has 174 valence electrons. The molecule has 0 spiro atoms. The summed E-state index contributed by atoms with van der Waals surface area (Å²) in [6.45, 7) is 0. The van der Waals surface area contributed by atoms with Crippen LogP contribution in [0.4, 0.5) is 0 Å². The lowest BCUT2D eigenvalue weighted by Gasteiger charge is -2.10. The number of hydrogen-bond acceptors (Lipinski definition) is 6. The number of nitrogens with zero attached hydrogens (tertiary/aromatic N) is 2. The summed E-state index contributed by atoms with van der Waals surface area (Å²) in [6.07, 6.45) is 3.69. The fourth-order valence-electron chi connectivity index (χ4n) is 3.81. The van der Waals surface area contributed by atoms with Gasteiger partial charge < -0.3 is 9.47 Å². The first kappa shape index (κ1) is 22.5. The monoisotopic (exact) mass is 504 g/mol. The highest BCUT2D eigenvalue weighted by Gasteiger charge is 2.10. The average molecular weight is 505 g/mol. The molecule has 2 heterocycles. The fraction of sp³-hybridized carbons (Fsp3) is 0. The van der Waals surface area contributed by atoms with Crippen molar-refractivity contribution in [3.05, 3.63) is 122 Å². The van der Waals surface area contributed by atoms with Crippen molar-refractivity contribution in [2.24, 2.45) is 0 Å². The zero-order valence-corrected chi connectivity index (χ0v) is 20.7. The first-order valence-corrected chi connectivity index (χ1v) is 13.5. The maximum atomic E-state index is 5.98. The van der Waals surface area contributed by atoms with Crippen LogP contribution in [0.15, 0.2) is 131 Å². The van der Waals surface area contributed by atoms with Gasteiger partial charge in [-0.3, -0.25) is 9.97 Å². The van der Waals surface area contributed by atoms with Gasteiger partial charge in [0, 0.05) is 45.1 Å². The predicted octanol–water partition coefficient (Wildman–Crippen LogP) is 9.17. The van der Waals surface area contributed by atoms with E-state index >= 15 is 0 Å². The number of rotatable bonds is 7. The lowest BCUT2D eigenvalue weighted by Crippen LogP contribution is -1.87. The molecule has 0 unspecified atom stereocenters. The highest BCUT2D eigenvalue weighted by molar-refractivity contribution is 8.76. The Kier molecular flexibility index (Phi) is 6.44. The molecule has 0 fully saturated rings. The van der Waals surface area contributed by atoms with E-state index in [0.29, 0.717) is 0 Å². The Morgan fingerprint density at radius 2 is 0.889 bits per heavy atom. The van der Waals surface area contributed by atoms with Crippen LogP contribution >= 0.6 is 21.6 Å². The van der Waals surface area contributed by atoms with Crippen molar-refractivity contribution in [2.45, 2.75) is 9.79 Å². The van der Waals surface area contributed by atoms with Gasteiger partial charge in [0.25, 0.3) is 0 Å². The molecule has 0 aliphatic heterocycles. The Balaban J connectivity index is 1.22. The summed E-state index contributed by atoms with van der Waals surface area (Å²) >= 11 is 0. The van der Waals surface area contributed by atoms with E-state index in [4.69, 9.17) is 9.47 Å². The van der Waals surface area contributed by atoms with Gasteiger partial charge in [-0.15, -0.1) is 0 Å². The molecule has 6 heteroatoms. The van der Waals surface area contributed by atoms with Gasteiger partial charge in [-0.1, -0.05) is 58.0 Å². The molecule has 6 aromatic rings. The maximum absolute atomic E-state index is 5.98. The van der Waals surface area contributed by atoms with Crippen molar-refractivity contribution in [3.8, 4) is 23.0 Å². The number of ether oxygens (including phenoxy) is 2. The minimum absolute atomic E-state index is 0.768. The Morgan fingerprint density at radius 3 is 1.33 bits per heavy atom. The lowest BCUT2D eigenvalue weighted by molar-refractivity contribution is 0.483. The molecular formula is C30H20N2O2S2. The molecular weight excluding hydrogens is 484 g/mol. The van der Waals surface area contributed by atoms with Crippen LogP contribution in [0.25, 0.3) is 21.8 Å².